The van der Waals surface area contributed by atoms with Crippen LogP contribution in [0.5, 0.6) is 5.75 Å². The zero-order valence-corrected chi connectivity index (χ0v) is 19.8. The molecule has 6 heteroatoms. The largest absolute Gasteiger partial charge is 0.497 e. The number of hydrogen-bond donors (Lipinski definition) is 0. The molecule has 2 amide bonds. The number of likely N-dealkylation sites (tertiary alicyclic amines) is 1. The molecule has 2 heterocycles. The fourth-order valence-corrected chi connectivity index (χ4v) is 4.94. The van der Waals surface area contributed by atoms with E-state index in [2.05, 4.69) is 0 Å². The van der Waals surface area contributed by atoms with E-state index in [9.17, 15) is 9.59 Å². The van der Waals surface area contributed by atoms with Crippen molar-refractivity contribution in [3.05, 3.63) is 108 Å². The first-order valence-electron chi connectivity index (χ1n) is 11.7. The maximum Gasteiger partial charge on any atom is 0.411 e. The topological polar surface area (TPSA) is 59.1 Å². The Balaban J connectivity index is 1.49. The second-order valence-corrected chi connectivity index (χ2v) is 9.06. The summed E-state index contributed by atoms with van der Waals surface area (Å²) in [5, 5.41) is 0. The van der Waals surface area contributed by atoms with Gasteiger partial charge in [-0.1, -0.05) is 84.9 Å². The van der Waals surface area contributed by atoms with Gasteiger partial charge in [-0.05, 0) is 35.7 Å². The molecule has 3 aromatic carbocycles. The zero-order valence-electron chi connectivity index (χ0n) is 19.8. The van der Waals surface area contributed by atoms with E-state index in [0.717, 1.165) is 22.4 Å². The average molecular weight is 469 g/mol. The zero-order chi connectivity index (χ0) is 24.4. The van der Waals surface area contributed by atoms with E-state index in [4.69, 9.17) is 9.47 Å². The lowest BCUT2D eigenvalue weighted by atomic mass is 9.77. The molecular weight excluding hydrogens is 440 g/mol. The molecule has 3 aromatic rings. The van der Waals surface area contributed by atoms with E-state index in [1.54, 1.807) is 12.0 Å². The Morgan fingerprint density at radius 2 is 1.63 bits per heavy atom. The highest BCUT2D eigenvalue weighted by Gasteiger charge is 2.62. The molecule has 0 saturated carbocycles. The molecule has 2 fully saturated rings. The average Bonchev–Trinajstić information content (AvgIpc) is 3.27. The van der Waals surface area contributed by atoms with Gasteiger partial charge in [0.05, 0.1) is 18.7 Å². The molecule has 35 heavy (non-hydrogen) atoms. The summed E-state index contributed by atoms with van der Waals surface area (Å²) < 4.78 is 10.7. The van der Waals surface area contributed by atoms with Crippen LogP contribution in [0.25, 0.3) is 6.08 Å². The fraction of sp³-hybridized carbons (Fsp3) is 0.241. The van der Waals surface area contributed by atoms with Crippen molar-refractivity contribution in [2.24, 2.45) is 0 Å². The number of hydrogen-bond acceptors (Lipinski definition) is 4. The summed E-state index contributed by atoms with van der Waals surface area (Å²) in [6, 6.07) is 26.4. The number of carbonyl (C=O) groups excluding carboxylic acids is 2. The summed E-state index contributed by atoms with van der Waals surface area (Å²) >= 11 is 0. The van der Waals surface area contributed by atoms with Crippen molar-refractivity contribution in [1.82, 2.24) is 9.80 Å². The number of amides is 2. The third-order valence-electron chi connectivity index (χ3n) is 6.92. The Morgan fingerprint density at radius 1 is 0.971 bits per heavy atom. The van der Waals surface area contributed by atoms with Crippen molar-refractivity contribution in [1.29, 1.82) is 0 Å². The van der Waals surface area contributed by atoms with E-state index in [-0.39, 0.29) is 18.6 Å². The Bertz CT molecular complexity index is 1230. The maximum absolute atomic E-state index is 13.6. The molecule has 0 radical (unpaired) electrons. The molecular formula is C29H28N2O4. The van der Waals surface area contributed by atoms with E-state index >= 15 is 0 Å². The van der Waals surface area contributed by atoms with Crippen LogP contribution in [0.4, 0.5) is 4.79 Å². The van der Waals surface area contributed by atoms with Crippen molar-refractivity contribution in [3.63, 3.8) is 0 Å². The first-order valence-corrected chi connectivity index (χ1v) is 11.7. The standard InChI is InChI=1S/C29H28N2O4/c1-29(18-17-21-9-5-3-6-10-21)26(27(32)30(29)19-22-13-15-24(34-2)16-14-22)31-25(20-35-28(31)33)23-11-7-4-8-12-23/h3-18,25-26H,19-20H2,1-2H3/b18-17+/t25-,26-,29-/m1/s1. The molecule has 2 aliphatic rings. The first kappa shape index (κ1) is 22.7. The predicted molar refractivity (Wildman–Crippen MR) is 134 cm³/mol. The van der Waals surface area contributed by atoms with E-state index in [1.165, 1.54) is 0 Å². The minimum atomic E-state index is -0.719. The van der Waals surface area contributed by atoms with Crippen LogP contribution >= 0.6 is 0 Å². The number of carbonyl (C=O) groups is 2. The first-order chi connectivity index (χ1) is 17.0. The van der Waals surface area contributed by atoms with Gasteiger partial charge in [0.1, 0.15) is 18.4 Å². The van der Waals surface area contributed by atoms with Crippen molar-refractivity contribution in [3.8, 4) is 5.75 Å². The van der Waals surface area contributed by atoms with Gasteiger partial charge in [-0.15, -0.1) is 0 Å². The molecule has 0 aliphatic carbocycles. The SMILES string of the molecule is COc1ccc(CN2C(=O)[C@@H](N3C(=O)OC[C@@H]3c3ccccc3)[C@@]2(C)/C=C/c2ccccc2)cc1. The lowest BCUT2D eigenvalue weighted by molar-refractivity contribution is -0.166. The number of methoxy groups -OCH3 is 1. The highest BCUT2D eigenvalue weighted by atomic mass is 16.6. The van der Waals surface area contributed by atoms with E-state index in [0.29, 0.717) is 6.54 Å². The van der Waals surface area contributed by atoms with Crippen molar-refractivity contribution in [2.45, 2.75) is 31.1 Å². The molecule has 0 bridgehead atoms. The summed E-state index contributed by atoms with van der Waals surface area (Å²) in [5.41, 5.74) is 2.25. The van der Waals surface area contributed by atoms with Crippen LogP contribution < -0.4 is 4.74 Å². The monoisotopic (exact) mass is 468 g/mol. The van der Waals surface area contributed by atoms with Gasteiger partial charge in [0.15, 0.2) is 0 Å². The van der Waals surface area contributed by atoms with Crippen molar-refractivity contribution < 1.29 is 19.1 Å². The highest BCUT2D eigenvalue weighted by Crippen LogP contribution is 2.44. The number of cyclic esters (lactones) is 1. The van der Waals surface area contributed by atoms with Gasteiger partial charge in [0.2, 0.25) is 5.91 Å². The third kappa shape index (κ3) is 4.16. The maximum atomic E-state index is 13.6. The molecule has 2 saturated heterocycles. The summed E-state index contributed by atoms with van der Waals surface area (Å²) in [5.74, 6) is 0.666. The normalized spacial score (nSPS) is 23.9. The van der Waals surface area contributed by atoms with Crippen LogP contribution in [0.15, 0.2) is 91.0 Å². The van der Waals surface area contributed by atoms with Crippen LogP contribution in [-0.2, 0) is 16.1 Å². The minimum Gasteiger partial charge on any atom is -0.497 e. The Hall–Kier alpha value is -4.06. The second kappa shape index (κ2) is 9.29. The quantitative estimate of drug-likeness (QED) is 0.454. The summed E-state index contributed by atoms with van der Waals surface area (Å²) in [7, 11) is 1.63. The van der Waals surface area contributed by atoms with Gasteiger partial charge in [0, 0.05) is 6.54 Å². The number of ether oxygens (including phenoxy) is 2. The second-order valence-electron chi connectivity index (χ2n) is 9.06. The molecule has 2 aliphatic heterocycles. The summed E-state index contributed by atoms with van der Waals surface area (Å²) in [6.45, 7) is 2.66. The van der Waals surface area contributed by atoms with Crippen LogP contribution in [0.1, 0.15) is 29.7 Å². The van der Waals surface area contributed by atoms with Crippen molar-refractivity contribution in [2.75, 3.05) is 13.7 Å². The van der Waals surface area contributed by atoms with Gasteiger partial charge in [-0.25, -0.2) is 4.79 Å². The van der Waals surface area contributed by atoms with Gasteiger partial charge in [-0.2, -0.15) is 0 Å². The lowest BCUT2D eigenvalue weighted by Gasteiger charge is -2.57. The predicted octanol–water partition coefficient (Wildman–Crippen LogP) is 5.07. The number of benzene rings is 3. The molecule has 6 nitrogen and oxygen atoms in total. The minimum absolute atomic E-state index is 0.0965. The summed E-state index contributed by atoms with van der Waals surface area (Å²) in [6.07, 6.45) is 3.59. The molecule has 0 aromatic heterocycles. The number of nitrogens with zero attached hydrogens (tertiary/aromatic N) is 2. The van der Waals surface area contributed by atoms with E-state index < -0.39 is 17.7 Å². The third-order valence-corrected chi connectivity index (χ3v) is 6.92. The molecule has 0 unspecified atom stereocenters. The Morgan fingerprint density at radius 3 is 2.29 bits per heavy atom. The van der Waals surface area contributed by atoms with Gasteiger partial charge in [0.25, 0.3) is 0 Å². The Labute approximate surface area is 205 Å². The summed E-state index contributed by atoms with van der Waals surface area (Å²) in [4.78, 5) is 30.0. The number of rotatable bonds is 7. The van der Waals surface area contributed by atoms with E-state index in [1.807, 2.05) is 109 Å². The van der Waals surface area contributed by atoms with Gasteiger partial charge < -0.3 is 14.4 Å². The molecule has 0 N–H and O–H groups in total. The fourth-order valence-electron chi connectivity index (χ4n) is 4.94. The smallest absolute Gasteiger partial charge is 0.411 e. The van der Waals surface area contributed by atoms with Crippen LogP contribution in [-0.4, -0.2) is 47.1 Å². The van der Waals surface area contributed by atoms with Gasteiger partial charge in [-0.3, -0.25) is 9.69 Å². The van der Waals surface area contributed by atoms with Crippen LogP contribution in [0.3, 0.4) is 0 Å². The van der Waals surface area contributed by atoms with Crippen LogP contribution in [0, 0.1) is 0 Å². The molecule has 178 valence electrons. The lowest BCUT2D eigenvalue weighted by Crippen LogP contribution is -2.76. The molecule has 0 spiro atoms. The molecule has 3 atom stereocenters. The highest BCUT2D eigenvalue weighted by molar-refractivity contribution is 5.95. The number of β-lactam (4-membered cyclic amide) rings is 1. The Kier molecular flexibility index (Phi) is 6.03. The molecule has 5 rings (SSSR count). The van der Waals surface area contributed by atoms with Crippen LogP contribution in [0.2, 0.25) is 0 Å². The van der Waals surface area contributed by atoms with Crippen molar-refractivity contribution >= 4 is 18.1 Å². The van der Waals surface area contributed by atoms with Gasteiger partial charge >= 0.3 is 6.09 Å².